The van der Waals surface area contributed by atoms with Crippen molar-refractivity contribution in [2.75, 3.05) is 11.5 Å². The van der Waals surface area contributed by atoms with E-state index in [1.165, 1.54) is 6.07 Å². The van der Waals surface area contributed by atoms with Crippen LogP contribution in [-0.2, 0) is 26.4 Å². The maximum Gasteiger partial charge on any atom is 0.241 e. The van der Waals surface area contributed by atoms with Crippen LogP contribution >= 0.6 is 0 Å². The Morgan fingerprint density at radius 2 is 2.05 bits per heavy atom. The molecule has 1 aliphatic rings. The van der Waals surface area contributed by atoms with E-state index in [0.717, 1.165) is 0 Å². The highest BCUT2D eigenvalue weighted by molar-refractivity contribution is 7.92. The fourth-order valence-electron chi connectivity index (χ4n) is 2.53. The van der Waals surface area contributed by atoms with Crippen molar-refractivity contribution in [2.24, 2.45) is 5.73 Å². The Balaban J connectivity index is 2.35. The van der Waals surface area contributed by atoms with E-state index in [0.29, 0.717) is 11.1 Å². The second kappa shape index (κ2) is 5.35. The van der Waals surface area contributed by atoms with Crippen LogP contribution in [0.1, 0.15) is 24.5 Å². The van der Waals surface area contributed by atoms with Gasteiger partial charge in [-0.1, -0.05) is 12.1 Å². The van der Waals surface area contributed by atoms with Crippen LogP contribution in [0, 0.1) is 6.92 Å². The van der Waals surface area contributed by atoms with Crippen molar-refractivity contribution < 1.29 is 16.8 Å². The van der Waals surface area contributed by atoms with Crippen molar-refractivity contribution in [3.8, 4) is 0 Å². The summed E-state index contributed by atoms with van der Waals surface area (Å²) < 4.78 is 50.8. The molecule has 1 aliphatic heterocycles. The molecule has 0 aromatic heterocycles. The van der Waals surface area contributed by atoms with Crippen LogP contribution in [0.2, 0.25) is 0 Å². The van der Waals surface area contributed by atoms with Crippen LogP contribution in [0.25, 0.3) is 0 Å². The molecule has 1 aromatic carbocycles. The summed E-state index contributed by atoms with van der Waals surface area (Å²) in [5.41, 5.74) is 5.90. The molecule has 1 unspecified atom stereocenters. The zero-order valence-corrected chi connectivity index (χ0v) is 13.7. The minimum Gasteiger partial charge on any atom is -0.326 e. The van der Waals surface area contributed by atoms with E-state index < -0.39 is 25.4 Å². The number of nitrogens with one attached hydrogen (secondary N) is 1. The lowest BCUT2D eigenvalue weighted by Gasteiger charge is -2.24. The monoisotopic (exact) mass is 332 g/mol. The summed E-state index contributed by atoms with van der Waals surface area (Å²) in [5, 5.41) is 0. The molecular formula is C13H20N2O4S2. The van der Waals surface area contributed by atoms with Gasteiger partial charge < -0.3 is 5.73 Å². The lowest BCUT2D eigenvalue weighted by molar-refractivity contribution is 0.461. The SMILES string of the molecule is Cc1ccc(CN)cc1S(=O)(=O)NC1(C)CCS(=O)(=O)C1. The van der Waals surface area contributed by atoms with Gasteiger partial charge in [0.05, 0.1) is 16.4 Å². The van der Waals surface area contributed by atoms with Crippen molar-refractivity contribution in [1.29, 1.82) is 0 Å². The van der Waals surface area contributed by atoms with Gasteiger partial charge in [0.2, 0.25) is 10.0 Å². The number of sulfonamides is 1. The Morgan fingerprint density at radius 1 is 1.38 bits per heavy atom. The Bertz CT molecular complexity index is 756. The summed E-state index contributed by atoms with van der Waals surface area (Å²) in [6.07, 6.45) is 0.282. The third-order valence-corrected chi connectivity index (χ3v) is 7.35. The predicted molar refractivity (Wildman–Crippen MR) is 81.1 cm³/mol. The van der Waals surface area contributed by atoms with E-state index in [9.17, 15) is 16.8 Å². The molecule has 6 nitrogen and oxygen atoms in total. The zero-order valence-electron chi connectivity index (χ0n) is 12.1. The van der Waals surface area contributed by atoms with E-state index in [1.807, 2.05) is 0 Å². The van der Waals surface area contributed by atoms with Crippen molar-refractivity contribution in [3.05, 3.63) is 29.3 Å². The summed E-state index contributed by atoms with van der Waals surface area (Å²) in [4.78, 5) is 0.149. The largest absolute Gasteiger partial charge is 0.326 e. The highest BCUT2D eigenvalue weighted by Gasteiger charge is 2.41. The Hall–Kier alpha value is -0.960. The Kier molecular flexibility index (Phi) is 4.18. The molecule has 0 radical (unpaired) electrons. The fraction of sp³-hybridized carbons (Fsp3) is 0.538. The van der Waals surface area contributed by atoms with Gasteiger partial charge in [-0.05, 0) is 37.5 Å². The smallest absolute Gasteiger partial charge is 0.241 e. The topological polar surface area (TPSA) is 106 Å². The predicted octanol–water partition coefficient (Wildman–Crippen LogP) is 0.309. The average molecular weight is 332 g/mol. The molecule has 118 valence electrons. The number of aryl methyl sites for hydroxylation is 1. The molecule has 1 saturated heterocycles. The molecular weight excluding hydrogens is 312 g/mol. The minimum atomic E-state index is -3.79. The first kappa shape index (κ1) is 16.4. The van der Waals surface area contributed by atoms with E-state index in [4.69, 9.17) is 5.73 Å². The summed E-state index contributed by atoms with van der Waals surface area (Å²) in [6.45, 7) is 3.56. The maximum atomic E-state index is 12.5. The zero-order chi connectivity index (χ0) is 15.9. The van der Waals surface area contributed by atoms with Gasteiger partial charge in [-0.25, -0.2) is 21.6 Å². The average Bonchev–Trinajstić information content (AvgIpc) is 2.62. The van der Waals surface area contributed by atoms with E-state index >= 15 is 0 Å². The van der Waals surface area contributed by atoms with Gasteiger partial charge in [-0.3, -0.25) is 0 Å². The van der Waals surface area contributed by atoms with E-state index in [1.54, 1.807) is 26.0 Å². The first-order valence-corrected chi connectivity index (χ1v) is 9.91. The minimum absolute atomic E-state index is 0.00778. The molecule has 0 bridgehead atoms. The maximum absolute atomic E-state index is 12.5. The van der Waals surface area contributed by atoms with E-state index in [-0.39, 0.29) is 29.4 Å². The van der Waals surface area contributed by atoms with Gasteiger partial charge in [0.15, 0.2) is 9.84 Å². The number of nitrogens with two attached hydrogens (primary N) is 1. The Morgan fingerprint density at radius 3 is 2.57 bits per heavy atom. The van der Waals surface area contributed by atoms with Gasteiger partial charge in [0.1, 0.15) is 0 Å². The summed E-state index contributed by atoms with van der Waals surface area (Å²) in [6, 6.07) is 5.01. The Labute approximate surface area is 125 Å². The lowest BCUT2D eigenvalue weighted by Crippen LogP contribution is -2.46. The molecule has 1 aromatic rings. The third-order valence-electron chi connectivity index (χ3n) is 3.66. The third kappa shape index (κ3) is 3.63. The van der Waals surface area contributed by atoms with Gasteiger partial charge >= 0.3 is 0 Å². The molecule has 3 N–H and O–H groups in total. The fourth-order valence-corrected chi connectivity index (χ4v) is 6.45. The van der Waals surface area contributed by atoms with Crippen LogP contribution in [0.15, 0.2) is 23.1 Å². The van der Waals surface area contributed by atoms with Crippen LogP contribution < -0.4 is 10.5 Å². The summed E-state index contributed by atoms with van der Waals surface area (Å²) in [5.74, 6) is -0.164. The quantitative estimate of drug-likeness (QED) is 0.825. The normalized spacial score (nSPS) is 25.1. The molecule has 0 saturated carbocycles. The van der Waals surface area contributed by atoms with Crippen LogP contribution in [0.5, 0.6) is 0 Å². The van der Waals surface area contributed by atoms with Crippen molar-refractivity contribution in [2.45, 2.75) is 37.2 Å². The second-order valence-electron chi connectivity index (χ2n) is 5.81. The number of benzene rings is 1. The number of hydrogen-bond acceptors (Lipinski definition) is 5. The molecule has 1 fully saturated rings. The molecule has 1 heterocycles. The number of hydrogen-bond donors (Lipinski definition) is 2. The van der Waals surface area contributed by atoms with Crippen molar-refractivity contribution in [1.82, 2.24) is 4.72 Å². The molecule has 2 rings (SSSR count). The van der Waals surface area contributed by atoms with Crippen molar-refractivity contribution in [3.63, 3.8) is 0 Å². The standard InChI is InChI=1S/C13H20N2O4S2/c1-10-3-4-11(8-14)7-12(10)21(18,19)15-13(2)5-6-20(16,17)9-13/h3-4,7,15H,5-6,8-9,14H2,1-2H3. The molecule has 1 atom stereocenters. The van der Waals surface area contributed by atoms with Gasteiger partial charge in [-0.15, -0.1) is 0 Å². The van der Waals surface area contributed by atoms with Crippen LogP contribution in [0.4, 0.5) is 0 Å². The first-order valence-electron chi connectivity index (χ1n) is 6.61. The van der Waals surface area contributed by atoms with Crippen LogP contribution in [-0.4, -0.2) is 33.9 Å². The van der Waals surface area contributed by atoms with Crippen LogP contribution in [0.3, 0.4) is 0 Å². The molecule has 0 aliphatic carbocycles. The first-order chi connectivity index (χ1) is 9.57. The number of sulfone groups is 1. The second-order valence-corrected chi connectivity index (χ2v) is 9.65. The van der Waals surface area contributed by atoms with Crippen molar-refractivity contribution >= 4 is 19.9 Å². The highest BCUT2D eigenvalue weighted by atomic mass is 32.2. The molecule has 21 heavy (non-hydrogen) atoms. The summed E-state index contributed by atoms with van der Waals surface area (Å²) in [7, 11) is -6.96. The van der Waals surface area contributed by atoms with Gasteiger partial charge in [0.25, 0.3) is 0 Å². The van der Waals surface area contributed by atoms with Gasteiger partial charge in [-0.2, -0.15) is 0 Å². The summed E-state index contributed by atoms with van der Waals surface area (Å²) >= 11 is 0. The van der Waals surface area contributed by atoms with E-state index in [2.05, 4.69) is 4.72 Å². The molecule has 0 spiro atoms. The molecule has 0 amide bonds. The van der Waals surface area contributed by atoms with Gasteiger partial charge in [0, 0.05) is 12.1 Å². The number of rotatable bonds is 4. The molecule has 8 heteroatoms. The lowest BCUT2D eigenvalue weighted by atomic mass is 10.0. The highest BCUT2D eigenvalue weighted by Crippen LogP contribution is 2.26.